The monoisotopic (exact) mass is 261 g/mol. The topological polar surface area (TPSA) is 20.3 Å². The Morgan fingerprint density at radius 1 is 1.32 bits per heavy atom. The molecule has 0 spiro atoms. The minimum Gasteiger partial charge on any atom is -0.340 e. The molecule has 0 bridgehead atoms. The zero-order chi connectivity index (χ0) is 13.4. The van der Waals surface area contributed by atoms with Gasteiger partial charge in [0.1, 0.15) is 5.82 Å². The normalized spacial score (nSPS) is 30.2. The van der Waals surface area contributed by atoms with Gasteiger partial charge in [0.05, 0.1) is 0 Å². The van der Waals surface area contributed by atoms with Gasteiger partial charge in [-0.2, -0.15) is 0 Å². The Morgan fingerprint density at radius 2 is 2.11 bits per heavy atom. The van der Waals surface area contributed by atoms with Crippen molar-refractivity contribution in [3.8, 4) is 0 Å². The highest BCUT2D eigenvalue weighted by molar-refractivity contribution is 5.83. The molecule has 2 fully saturated rings. The van der Waals surface area contributed by atoms with Crippen LogP contribution in [0.3, 0.4) is 0 Å². The zero-order valence-electron chi connectivity index (χ0n) is 11.3. The van der Waals surface area contributed by atoms with Crippen molar-refractivity contribution in [3.05, 3.63) is 35.6 Å². The predicted molar refractivity (Wildman–Crippen MR) is 72.3 cm³/mol. The van der Waals surface area contributed by atoms with Gasteiger partial charge >= 0.3 is 0 Å². The van der Waals surface area contributed by atoms with Crippen LogP contribution in [-0.2, 0) is 4.79 Å². The highest BCUT2D eigenvalue weighted by Gasteiger charge is 2.47. The van der Waals surface area contributed by atoms with Crippen LogP contribution in [0.25, 0.3) is 0 Å². The number of amides is 1. The van der Waals surface area contributed by atoms with Gasteiger partial charge < -0.3 is 4.90 Å². The fraction of sp³-hybridized carbons (Fsp3) is 0.562. The van der Waals surface area contributed by atoms with Crippen LogP contribution in [0.2, 0.25) is 0 Å². The molecule has 1 saturated carbocycles. The van der Waals surface area contributed by atoms with E-state index in [2.05, 4.69) is 6.92 Å². The molecular formula is C16H20FNO. The lowest BCUT2D eigenvalue weighted by Crippen LogP contribution is -2.43. The van der Waals surface area contributed by atoms with E-state index >= 15 is 0 Å². The Balaban J connectivity index is 1.69. The summed E-state index contributed by atoms with van der Waals surface area (Å²) < 4.78 is 13.7. The molecule has 3 rings (SSSR count). The minimum absolute atomic E-state index is 0.0115. The molecule has 19 heavy (non-hydrogen) atoms. The van der Waals surface area contributed by atoms with E-state index in [0.717, 1.165) is 25.8 Å². The maximum absolute atomic E-state index is 13.7. The number of likely N-dealkylation sites (tertiary alicyclic amines) is 1. The molecule has 0 aromatic heterocycles. The van der Waals surface area contributed by atoms with E-state index in [4.69, 9.17) is 0 Å². The van der Waals surface area contributed by atoms with Crippen molar-refractivity contribution in [1.29, 1.82) is 0 Å². The lowest BCUT2D eigenvalue weighted by Gasteiger charge is -2.33. The average Bonchev–Trinajstić information content (AvgIpc) is 3.19. The van der Waals surface area contributed by atoms with Crippen LogP contribution in [0, 0.1) is 11.7 Å². The smallest absolute Gasteiger partial charge is 0.226 e. The highest BCUT2D eigenvalue weighted by atomic mass is 19.1. The summed E-state index contributed by atoms with van der Waals surface area (Å²) in [6.07, 6.45) is 4.23. The first-order chi connectivity index (χ1) is 9.18. The summed E-state index contributed by atoms with van der Waals surface area (Å²) in [5.41, 5.74) is 0.713. The van der Waals surface area contributed by atoms with Crippen molar-refractivity contribution in [1.82, 2.24) is 4.90 Å². The van der Waals surface area contributed by atoms with Crippen molar-refractivity contribution in [2.75, 3.05) is 6.54 Å². The SMILES string of the molecule is CC1CCCCN1C(=O)C1CC1c1ccccc1F. The number of carbonyl (C=O) groups excluding carboxylic acids is 1. The first kappa shape index (κ1) is 12.6. The number of hydrogen-bond acceptors (Lipinski definition) is 1. The average molecular weight is 261 g/mol. The molecule has 1 amide bonds. The zero-order valence-corrected chi connectivity index (χ0v) is 11.3. The fourth-order valence-corrected chi connectivity index (χ4v) is 3.23. The summed E-state index contributed by atoms with van der Waals surface area (Å²) in [6.45, 7) is 3.00. The first-order valence-electron chi connectivity index (χ1n) is 7.23. The molecule has 0 N–H and O–H groups in total. The number of piperidine rings is 1. The van der Waals surface area contributed by atoms with Gasteiger partial charge in [-0.15, -0.1) is 0 Å². The molecule has 1 aromatic rings. The third-order valence-corrected chi connectivity index (χ3v) is 4.50. The summed E-state index contributed by atoms with van der Waals surface area (Å²) in [5, 5.41) is 0. The third kappa shape index (κ3) is 2.38. The van der Waals surface area contributed by atoms with E-state index in [1.807, 2.05) is 17.0 Å². The largest absolute Gasteiger partial charge is 0.340 e. The highest BCUT2D eigenvalue weighted by Crippen LogP contribution is 2.49. The van der Waals surface area contributed by atoms with Crippen LogP contribution < -0.4 is 0 Å². The summed E-state index contributed by atoms with van der Waals surface area (Å²) in [7, 11) is 0. The second-order valence-corrected chi connectivity index (χ2v) is 5.85. The van der Waals surface area contributed by atoms with Gasteiger partial charge in [0.15, 0.2) is 0 Å². The molecule has 3 atom stereocenters. The van der Waals surface area contributed by atoms with E-state index < -0.39 is 0 Å². The van der Waals surface area contributed by atoms with E-state index in [1.54, 1.807) is 6.07 Å². The Kier molecular flexibility index (Phi) is 3.29. The van der Waals surface area contributed by atoms with Crippen molar-refractivity contribution in [3.63, 3.8) is 0 Å². The van der Waals surface area contributed by atoms with Crippen molar-refractivity contribution >= 4 is 5.91 Å². The molecule has 1 aliphatic heterocycles. The third-order valence-electron chi connectivity index (χ3n) is 4.50. The summed E-state index contributed by atoms with van der Waals surface area (Å²) in [5.74, 6) is 0.176. The first-order valence-corrected chi connectivity index (χ1v) is 7.23. The van der Waals surface area contributed by atoms with E-state index in [1.165, 1.54) is 12.5 Å². The van der Waals surface area contributed by atoms with Gasteiger partial charge in [-0.3, -0.25) is 4.79 Å². The van der Waals surface area contributed by atoms with Crippen LogP contribution in [0.15, 0.2) is 24.3 Å². The Bertz CT molecular complexity index is 487. The number of nitrogens with zero attached hydrogens (tertiary/aromatic N) is 1. The van der Waals surface area contributed by atoms with Crippen molar-refractivity contribution < 1.29 is 9.18 Å². The van der Waals surface area contributed by atoms with Crippen LogP contribution in [0.1, 0.15) is 44.1 Å². The summed E-state index contributed by atoms with van der Waals surface area (Å²) >= 11 is 0. The molecule has 0 radical (unpaired) electrons. The van der Waals surface area contributed by atoms with Gasteiger partial charge in [0.25, 0.3) is 0 Å². The van der Waals surface area contributed by atoms with Crippen LogP contribution in [-0.4, -0.2) is 23.4 Å². The number of halogens is 1. The van der Waals surface area contributed by atoms with Gasteiger partial charge in [-0.25, -0.2) is 4.39 Å². The molecule has 1 aromatic carbocycles. The molecule has 2 aliphatic rings. The number of rotatable bonds is 2. The number of carbonyl (C=O) groups is 1. The molecule has 2 nitrogen and oxygen atoms in total. The Morgan fingerprint density at radius 3 is 2.84 bits per heavy atom. The summed E-state index contributed by atoms with van der Waals surface area (Å²) in [6, 6.07) is 7.20. The van der Waals surface area contributed by atoms with Gasteiger partial charge in [-0.05, 0) is 50.2 Å². The predicted octanol–water partition coefficient (Wildman–Crippen LogP) is 3.33. The van der Waals surface area contributed by atoms with E-state index in [0.29, 0.717) is 11.6 Å². The molecule has 102 valence electrons. The Labute approximate surface area is 113 Å². The standard InChI is InChI=1S/C16H20FNO/c1-11-6-4-5-9-18(11)16(19)14-10-13(14)12-7-2-3-8-15(12)17/h2-3,7-8,11,13-14H,4-6,9-10H2,1H3. The lowest BCUT2D eigenvalue weighted by atomic mass is 10.0. The minimum atomic E-state index is -0.172. The lowest BCUT2D eigenvalue weighted by molar-refractivity contribution is -0.135. The fourth-order valence-electron chi connectivity index (χ4n) is 3.23. The quantitative estimate of drug-likeness (QED) is 0.799. The maximum Gasteiger partial charge on any atom is 0.226 e. The molecule has 1 saturated heterocycles. The van der Waals surface area contributed by atoms with Crippen LogP contribution >= 0.6 is 0 Å². The van der Waals surface area contributed by atoms with Gasteiger partial charge in [0, 0.05) is 18.5 Å². The molecule has 1 heterocycles. The van der Waals surface area contributed by atoms with Crippen LogP contribution in [0.5, 0.6) is 0 Å². The van der Waals surface area contributed by atoms with Gasteiger partial charge in [-0.1, -0.05) is 18.2 Å². The van der Waals surface area contributed by atoms with E-state index in [-0.39, 0.29) is 23.6 Å². The van der Waals surface area contributed by atoms with Gasteiger partial charge in [0.2, 0.25) is 5.91 Å². The molecule has 1 aliphatic carbocycles. The second kappa shape index (κ2) is 4.95. The second-order valence-electron chi connectivity index (χ2n) is 5.85. The molecular weight excluding hydrogens is 241 g/mol. The van der Waals surface area contributed by atoms with Crippen molar-refractivity contribution in [2.45, 2.75) is 44.6 Å². The van der Waals surface area contributed by atoms with E-state index in [9.17, 15) is 9.18 Å². The Hall–Kier alpha value is -1.38. The summed E-state index contributed by atoms with van der Waals surface area (Å²) in [4.78, 5) is 14.5. The van der Waals surface area contributed by atoms with Crippen molar-refractivity contribution in [2.24, 2.45) is 5.92 Å². The number of hydrogen-bond donors (Lipinski definition) is 0. The number of benzene rings is 1. The van der Waals surface area contributed by atoms with Crippen LogP contribution in [0.4, 0.5) is 4.39 Å². The molecule has 3 unspecified atom stereocenters. The maximum atomic E-state index is 13.7. The molecule has 3 heteroatoms.